The predicted molar refractivity (Wildman–Crippen MR) is 59.9 cm³/mol. The molecule has 0 aliphatic heterocycles. The molecule has 2 atom stereocenters. The lowest BCUT2D eigenvalue weighted by atomic mass is 10.0. The maximum Gasteiger partial charge on any atom is 0.338 e. The number of aliphatic hydroxyl groups is 3. The Morgan fingerprint density at radius 1 is 1.44 bits per heavy atom. The molecule has 0 heterocycles. The molecule has 0 saturated carbocycles. The minimum Gasteiger partial charge on any atom is -0.464 e. The Labute approximate surface area is 103 Å². The molecule has 2 unspecified atom stereocenters. The zero-order chi connectivity index (χ0) is 13.7. The van der Waals surface area contributed by atoms with Crippen LogP contribution in [0.1, 0.15) is 24.2 Å². The van der Waals surface area contributed by atoms with Gasteiger partial charge in [0.05, 0.1) is 13.2 Å². The van der Waals surface area contributed by atoms with E-state index in [-0.39, 0.29) is 18.8 Å². The maximum absolute atomic E-state index is 13.6. The SMILES string of the molecule is CCOC(=O)C(O)C(O)c1ccc(CO)cc1F. The number of rotatable bonds is 5. The Morgan fingerprint density at radius 3 is 2.61 bits per heavy atom. The van der Waals surface area contributed by atoms with Gasteiger partial charge < -0.3 is 20.1 Å². The van der Waals surface area contributed by atoms with E-state index in [1.807, 2.05) is 0 Å². The molecular formula is C12H15FO5. The molecule has 0 spiro atoms. The molecule has 100 valence electrons. The van der Waals surface area contributed by atoms with Crippen molar-refractivity contribution < 1.29 is 29.2 Å². The second-order valence-corrected chi connectivity index (χ2v) is 3.66. The standard InChI is InChI=1S/C12H15FO5/c1-2-18-12(17)11(16)10(15)8-4-3-7(6-14)5-9(8)13/h3-5,10-11,14-16H,2,6H2,1H3. The van der Waals surface area contributed by atoms with E-state index in [0.29, 0.717) is 5.56 Å². The van der Waals surface area contributed by atoms with Crippen molar-refractivity contribution in [1.29, 1.82) is 0 Å². The van der Waals surface area contributed by atoms with Gasteiger partial charge in [-0.1, -0.05) is 12.1 Å². The van der Waals surface area contributed by atoms with Crippen LogP contribution in [-0.2, 0) is 16.1 Å². The van der Waals surface area contributed by atoms with E-state index < -0.39 is 24.0 Å². The average Bonchev–Trinajstić information content (AvgIpc) is 2.37. The van der Waals surface area contributed by atoms with Crippen molar-refractivity contribution in [2.45, 2.75) is 25.7 Å². The summed E-state index contributed by atoms with van der Waals surface area (Å²) in [5.74, 6) is -1.83. The Hall–Kier alpha value is -1.50. The highest BCUT2D eigenvalue weighted by Gasteiger charge is 2.28. The largest absolute Gasteiger partial charge is 0.464 e. The molecular weight excluding hydrogens is 243 g/mol. The fourth-order valence-electron chi connectivity index (χ4n) is 1.44. The Morgan fingerprint density at radius 2 is 2.11 bits per heavy atom. The van der Waals surface area contributed by atoms with Gasteiger partial charge in [-0.3, -0.25) is 0 Å². The van der Waals surface area contributed by atoms with Crippen molar-refractivity contribution in [3.63, 3.8) is 0 Å². The Kier molecular flexibility index (Phi) is 5.21. The topological polar surface area (TPSA) is 87.0 Å². The fraction of sp³-hybridized carbons (Fsp3) is 0.417. The molecule has 6 heteroatoms. The van der Waals surface area contributed by atoms with Gasteiger partial charge in [-0.25, -0.2) is 9.18 Å². The summed E-state index contributed by atoms with van der Waals surface area (Å²) in [4.78, 5) is 11.2. The van der Waals surface area contributed by atoms with Gasteiger partial charge in [0.25, 0.3) is 0 Å². The second kappa shape index (κ2) is 6.44. The van der Waals surface area contributed by atoms with Gasteiger partial charge in [0.15, 0.2) is 6.10 Å². The summed E-state index contributed by atoms with van der Waals surface area (Å²) in [6.45, 7) is 1.26. The van der Waals surface area contributed by atoms with E-state index in [1.54, 1.807) is 6.92 Å². The van der Waals surface area contributed by atoms with Crippen LogP contribution < -0.4 is 0 Å². The van der Waals surface area contributed by atoms with Crippen LogP contribution in [0.3, 0.4) is 0 Å². The van der Waals surface area contributed by atoms with E-state index in [2.05, 4.69) is 4.74 Å². The third-order valence-corrected chi connectivity index (χ3v) is 2.39. The lowest BCUT2D eigenvalue weighted by Crippen LogP contribution is -2.30. The van der Waals surface area contributed by atoms with Crippen molar-refractivity contribution >= 4 is 5.97 Å². The Balaban J connectivity index is 2.89. The van der Waals surface area contributed by atoms with Crippen LogP contribution in [0.2, 0.25) is 0 Å². The lowest BCUT2D eigenvalue weighted by molar-refractivity contribution is -0.159. The van der Waals surface area contributed by atoms with Crippen LogP contribution in [-0.4, -0.2) is 34.0 Å². The quantitative estimate of drug-likeness (QED) is 0.660. The summed E-state index contributed by atoms with van der Waals surface area (Å²) in [6.07, 6.45) is -3.56. The molecule has 5 nitrogen and oxygen atoms in total. The molecule has 1 aromatic rings. The van der Waals surface area contributed by atoms with E-state index in [0.717, 1.165) is 6.07 Å². The highest BCUT2D eigenvalue weighted by Crippen LogP contribution is 2.22. The molecule has 0 fully saturated rings. The number of ether oxygens (including phenoxy) is 1. The molecule has 3 N–H and O–H groups in total. The number of benzene rings is 1. The number of esters is 1. The first-order chi connectivity index (χ1) is 8.51. The summed E-state index contributed by atoms with van der Waals surface area (Å²) >= 11 is 0. The minimum atomic E-state index is -1.85. The number of carbonyl (C=O) groups excluding carboxylic acids is 1. The highest BCUT2D eigenvalue weighted by molar-refractivity contribution is 5.75. The molecule has 1 rings (SSSR count). The fourth-order valence-corrected chi connectivity index (χ4v) is 1.44. The van der Waals surface area contributed by atoms with Crippen molar-refractivity contribution in [3.8, 4) is 0 Å². The van der Waals surface area contributed by atoms with Crippen molar-refractivity contribution in [2.75, 3.05) is 6.61 Å². The molecule has 0 aromatic heterocycles. The molecule has 0 amide bonds. The van der Waals surface area contributed by atoms with Gasteiger partial charge in [0.1, 0.15) is 11.9 Å². The van der Waals surface area contributed by atoms with Crippen LogP contribution in [0.4, 0.5) is 4.39 Å². The normalized spacial score (nSPS) is 14.1. The first-order valence-corrected chi connectivity index (χ1v) is 5.43. The molecule has 0 saturated heterocycles. The maximum atomic E-state index is 13.6. The van der Waals surface area contributed by atoms with Crippen molar-refractivity contribution in [2.24, 2.45) is 0 Å². The first kappa shape index (κ1) is 14.6. The third kappa shape index (κ3) is 3.25. The average molecular weight is 258 g/mol. The summed E-state index contributed by atoms with van der Waals surface area (Å²) in [7, 11) is 0. The van der Waals surface area contributed by atoms with Gasteiger partial charge in [0, 0.05) is 5.56 Å². The van der Waals surface area contributed by atoms with Crippen LogP contribution in [0.25, 0.3) is 0 Å². The zero-order valence-corrected chi connectivity index (χ0v) is 9.84. The van der Waals surface area contributed by atoms with E-state index in [4.69, 9.17) is 5.11 Å². The number of hydrogen-bond donors (Lipinski definition) is 3. The molecule has 0 radical (unpaired) electrons. The van der Waals surface area contributed by atoms with Crippen LogP contribution in [0.5, 0.6) is 0 Å². The van der Waals surface area contributed by atoms with Crippen LogP contribution in [0, 0.1) is 5.82 Å². The summed E-state index contributed by atoms with van der Waals surface area (Å²) in [5, 5.41) is 28.0. The summed E-state index contributed by atoms with van der Waals surface area (Å²) < 4.78 is 18.1. The zero-order valence-electron chi connectivity index (χ0n) is 9.84. The smallest absolute Gasteiger partial charge is 0.338 e. The van der Waals surface area contributed by atoms with Gasteiger partial charge >= 0.3 is 5.97 Å². The molecule has 18 heavy (non-hydrogen) atoms. The first-order valence-electron chi connectivity index (χ1n) is 5.43. The number of aliphatic hydroxyl groups excluding tert-OH is 3. The van der Waals surface area contributed by atoms with Gasteiger partial charge in [-0.05, 0) is 18.6 Å². The number of carbonyl (C=O) groups is 1. The number of halogens is 1. The van der Waals surface area contributed by atoms with Gasteiger partial charge in [-0.2, -0.15) is 0 Å². The third-order valence-electron chi connectivity index (χ3n) is 2.39. The number of hydrogen-bond acceptors (Lipinski definition) is 5. The molecule has 1 aromatic carbocycles. The predicted octanol–water partition coefficient (Wildman–Crippen LogP) is 0.275. The van der Waals surface area contributed by atoms with Crippen LogP contribution >= 0.6 is 0 Å². The van der Waals surface area contributed by atoms with Crippen molar-refractivity contribution in [1.82, 2.24) is 0 Å². The van der Waals surface area contributed by atoms with E-state index in [9.17, 15) is 19.4 Å². The van der Waals surface area contributed by atoms with Crippen LogP contribution in [0.15, 0.2) is 18.2 Å². The summed E-state index contributed by atoms with van der Waals surface area (Å²) in [6, 6.07) is 3.62. The summed E-state index contributed by atoms with van der Waals surface area (Å²) in [5.41, 5.74) is 0.0989. The van der Waals surface area contributed by atoms with E-state index in [1.165, 1.54) is 12.1 Å². The lowest BCUT2D eigenvalue weighted by Gasteiger charge is -2.17. The molecule has 0 bridgehead atoms. The van der Waals surface area contributed by atoms with Gasteiger partial charge in [-0.15, -0.1) is 0 Å². The molecule has 0 aliphatic rings. The van der Waals surface area contributed by atoms with Gasteiger partial charge in [0.2, 0.25) is 0 Å². The Bertz CT molecular complexity index is 421. The second-order valence-electron chi connectivity index (χ2n) is 3.66. The van der Waals surface area contributed by atoms with E-state index >= 15 is 0 Å². The highest BCUT2D eigenvalue weighted by atomic mass is 19.1. The van der Waals surface area contributed by atoms with Crippen molar-refractivity contribution in [3.05, 3.63) is 35.1 Å². The minimum absolute atomic E-state index is 0.0501. The monoisotopic (exact) mass is 258 g/mol. The molecule has 0 aliphatic carbocycles.